The summed E-state index contributed by atoms with van der Waals surface area (Å²) in [7, 11) is 0. The first-order valence-electron chi connectivity index (χ1n) is 7.85. The zero-order valence-corrected chi connectivity index (χ0v) is 14.6. The molecule has 2 rings (SSSR count). The molecule has 0 radical (unpaired) electrons. The zero-order valence-electron chi connectivity index (χ0n) is 14.6. The lowest BCUT2D eigenvalue weighted by molar-refractivity contribution is 0.834. The zero-order chi connectivity index (χ0) is 16.3. The molecule has 0 N–H and O–H groups in total. The molecule has 0 atom stereocenters. The van der Waals surface area contributed by atoms with E-state index in [-0.39, 0.29) is 0 Å². The second-order valence-electron chi connectivity index (χ2n) is 6.35. The minimum atomic E-state index is 0.669. The summed E-state index contributed by atoms with van der Waals surface area (Å²) in [6.07, 6.45) is 0. The number of azo groups is 1. The van der Waals surface area contributed by atoms with Gasteiger partial charge >= 0.3 is 0 Å². The molecule has 0 aliphatic heterocycles. The third-order valence-electron chi connectivity index (χ3n) is 4.24. The van der Waals surface area contributed by atoms with E-state index in [0.29, 0.717) is 13.1 Å². The highest BCUT2D eigenvalue weighted by Gasteiger charge is 2.04. The maximum absolute atomic E-state index is 4.42. The van der Waals surface area contributed by atoms with Crippen LogP contribution in [0.25, 0.3) is 0 Å². The third kappa shape index (κ3) is 3.82. The molecule has 0 saturated heterocycles. The van der Waals surface area contributed by atoms with Crippen LogP contribution < -0.4 is 0 Å². The molecule has 2 aromatic rings. The Morgan fingerprint density at radius 3 is 1.09 bits per heavy atom. The molecular formula is C20H26N2. The van der Waals surface area contributed by atoms with Crippen LogP contribution in [0, 0.1) is 41.5 Å². The number of benzene rings is 2. The first-order valence-corrected chi connectivity index (χ1v) is 7.85. The summed E-state index contributed by atoms with van der Waals surface area (Å²) in [5.74, 6) is 0. The molecule has 0 fully saturated rings. The standard InChI is InChI=1S/C20H26N2/c1-13-7-15(3)19(16(4)8-13)11-21-22-12-20-17(5)9-14(2)10-18(20)6/h7-10H,11-12H2,1-6H3. The smallest absolute Gasteiger partial charge is 0.0854 e. The minimum absolute atomic E-state index is 0.669. The molecule has 0 bridgehead atoms. The normalized spacial score (nSPS) is 11.4. The Bertz CT molecular complexity index is 604. The van der Waals surface area contributed by atoms with E-state index < -0.39 is 0 Å². The van der Waals surface area contributed by atoms with Crippen molar-refractivity contribution < 1.29 is 0 Å². The fraction of sp³-hybridized carbons (Fsp3) is 0.400. The lowest BCUT2D eigenvalue weighted by Gasteiger charge is -2.09. The van der Waals surface area contributed by atoms with Crippen molar-refractivity contribution in [1.29, 1.82) is 0 Å². The Kier molecular flexibility index (Phi) is 5.12. The first-order chi connectivity index (χ1) is 10.4. The lowest BCUT2D eigenvalue weighted by Crippen LogP contribution is -1.95. The topological polar surface area (TPSA) is 24.7 Å². The number of rotatable bonds is 4. The van der Waals surface area contributed by atoms with Gasteiger partial charge in [0.1, 0.15) is 0 Å². The van der Waals surface area contributed by atoms with E-state index in [9.17, 15) is 0 Å². The maximum Gasteiger partial charge on any atom is 0.0854 e. The summed E-state index contributed by atoms with van der Waals surface area (Å²) in [6, 6.07) is 8.86. The van der Waals surface area contributed by atoms with Gasteiger partial charge in [-0.05, 0) is 74.9 Å². The largest absolute Gasteiger partial charge is 0.189 e. The molecule has 2 nitrogen and oxygen atoms in total. The van der Waals surface area contributed by atoms with Gasteiger partial charge in [0.25, 0.3) is 0 Å². The molecule has 0 spiro atoms. The average molecular weight is 294 g/mol. The van der Waals surface area contributed by atoms with Gasteiger partial charge in [0.15, 0.2) is 0 Å². The van der Waals surface area contributed by atoms with Crippen LogP contribution in [0.3, 0.4) is 0 Å². The predicted molar refractivity (Wildman–Crippen MR) is 93.6 cm³/mol. The van der Waals surface area contributed by atoms with E-state index in [1.54, 1.807) is 0 Å². The predicted octanol–water partition coefficient (Wildman–Crippen LogP) is 5.69. The average Bonchev–Trinajstić information content (AvgIpc) is 2.38. The van der Waals surface area contributed by atoms with E-state index >= 15 is 0 Å². The molecule has 0 aliphatic carbocycles. The Hall–Kier alpha value is -1.96. The van der Waals surface area contributed by atoms with Gasteiger partial charge in [-0.3, -0.25) is 0 Å². The second-order valence-corrected chi connectivity index (χ2v) is 6.35. The third-order valence-corrected chi connectivity index (χ3v) is 4.24. The van der Waals surface area contributed by atoms with Crippen molar-refractivity contribution in [1.82, 2.24) is 0 Å². The molecular weight excluding hydrogens is 268 g/mol. The van der Waals surface area contributed by atoms with Crippen molar-refractivity contribution in [2.45, 2.75) is 54.6 Å². The van der Waals surface area contributed by atoms with Gasteiger partial charge in [-0.25, -0.2) is 0 Å². The van der Waals surface area contributed by atoms with Crippen molar-refractivity contribution in [2.24, 2.45) is 10.2 Å². The van der Waals surface area contributed by atoms with Crippen molar-refractivity contribution in [3.8, 4) is 0 Å². The van der Waals surface area contributed by atoms with Crippen LogP contribution in [0.1, 0.15) is 44.5 Å². The monoisotopic (exact) mass is 294 g/mol. The molecule has 0 unspecified atom stereocenters. The molecule has 0 heterocycles. The van der Waals surface area contributed by atoms with Crippen molar-refractivity contribution in [3.63, 3.8) is 0 Å². The van der Waals surface area contributed by atoms with Crippen LogP contribution in [0.5, 0.6) is 0 Å². The van der Waals surface area contributed by atoms with E-state index in [0.717, 1.165) is 0 Å². The second kappa shape index (κ2) is 6.87. The molecule has 0 amide bonds. The highest BCUT2D eigenvalue weighted by atomic mass is 15.1. The Morgan fingerprint density at radius 1 is 0.545 bits per heavy atom. The van der Waals surface area contributed by atoms with E-state index in [4.69, 9.17) is 0 Å². The van der Waals surface area contributed by atoms with Crippen molar-refractivity contribution in [2.75, 3.05) is 0 Å². The minimum Gasteiger partial charge on any atom is -0.189 e. The SMILES string of the molecule is Cc1cc(C)c(CN=NCc2c(C)cc(C)cc2C)c(C)c1. The Labute approximate surface area is 134 Å². The number of hydrogen-bond acceptors (Lipinski definition) is 2. The van der Waals surface area contributed by atoms with Crippen LogP contribution in [0.15, 0.2) is 34.5 Å². The summed E-state index contributed by atoms with van der Waals surface area (Å²) < 4.78 is 0. The summed E-state index contributed by atoms with van der Waals surface area (Å²) in [5.41, 5.74) is 10.4. The number of hydrogen-bond donors (Lipinski definition) is 0. The summed E-state index contributed by atoms with van der Waals surface area (Å²) in [4.78, 5) is 0. The Balaban J connectivity index is 2.09. The quantitative estimate of drug-likeness (QED) is 0.647. The molecule has 2 heteroatoms. The van der Waals surface area contributed by atoms with E-state index in [1.807, 2.05) is 0 Å². The van der Waals surface area contributed by atoms with Gasteiger partial charge in [-0.15, -0.1) is 0 Å². The van der Waals surface area contributed by atoms with Crippen LogP contribution in [-0.2, 0) is 13.1 Å². The van der Waals surface area contributed by atoms with Crippen molar-refractivity contribution in [3.05, 3.63) is 68.8 Å². The lowest BCUT2D eigenvalue weighted by atomic mass is 10.00. The molecule has 2 aromatic carbocycles. The number of aryl methyl sites for hydroxylation is 6. The van der Waals surface area contributed by atoms with Crippen LogP contribution in [0.2, 0.25) is 0 Å². The summed E-state index contributed by atoms with van der Waals surface area (Å²) >= 11 is 0. The maximum atomic E-state index is 4.42. The van der Waals surface area contributed by atoms with Gasteiger partial charge < -0.3 is 0 Å². The van der Waals surface area contributed by atoms with Crippen LogP contribution >= 0.6 is 0 Å². The highest BCUT2D eigenvalue weighted by molar-refractivity contribution is 5.38. The van der Waals surface area contributed by atoms with Gasteiger partial charge in [-0.1, -0.05) is 35.4 Å². The molecule has 116 valence electrons. The van der Waals surface area contributed by atoms with Gasteiger partial charge in [0.2, 0.25) is 0 Å². The van der Waals surface area contributed by atoms with E-state index in [1.165, 1.54) is 44.5 Å². The van der Waals surface area contributed by atoms with Gasteiger partial charge in [0, 0.05) is 0 Å². The molecule has 0 saturated carbocycles. The fourth-order valence-corrected chi connectivity index (χ4v) is 3.16. The van der Waals surface area contributed by atoms with Gasteiger partial charge in [0.05, 0.1) is 13.1 Å². The van der Waals surface area contributed by atoms with E-state index in [2.05, 4.69) is 76.0 Å². The van der Waals surface area contributed by atoms with Crippen LogP contribution in [0.4, 0.5) is 0 Å². The molecule has 22 heavy (non-hydrogen) atoms. The van der Waals surface area contributed by atoms with Crippen molar-refractivity contribution >= 4 is 0 Å². The number of nitrogens with zero attached hydrogens (tertiary/aromatic N) is 2. The fourth-order valence-electron chi connectivity index (χ4n) is 3.16. The highest BCUT2D eigenvalue weighted by Crippen LogP contribution is 2.19. The molecule has 0 aromatic heterocycles. The summed E-state index contributed by atoms with van der Waals surface area (Å²) in [5, 5.41) is 8.84. The van der Waals surface area contributed by atoms with Crippen LogP contribution in [-0.4, -0.2) is 0 Å². The summed E-state index contributed by atoms with van der Waals surface area (Å²) in [6.45, 7) is 14.2. The molecule has 0 aliphatic rings. The first kappa shape index (κ1) is 16.4. The van der Waals surface area contributed by atoms with Gasteiger partial charge in [-0.2, -0.15) is 10.2 Å². The Morgan fingerprint density at radius 2 is 0.818 bits per heavy atom.